The first kappa shape index (κ1) is 25.7. The number of nitrogens with zero attached hydrogens (tertiary/aromatic N) is 4. The summed E-state index contributed by atoms with van der Waals surface area (Å²) in [4.78, 5) is 23.4. The third kappa shape index (κ3) is 5.34. The van der Waals surface area contributed by atoms with Crippen LogP contribution in [0.1, 0.15) is 45.0 Å². The van der Waals surface area contributed by atoms with Crippen molar-refractivity contribution in [2.24, 2.45) is 0 Å². The zero-order valence-electron chi connectivity index (χ0n) is 21.5. The Morgan fingerprint density at radius 3 is 2.82 bits per heavy atom. The Kier molecular flexibility index (Phi) is 6.97. The van der Waals surface area contributed by atoms with Gasteiger partial charge >= 0.3 is 5.97 Å². The molecule has 202 valence electrons. The molecule has 2 aromatic heterocycles. The van der Waals surface area contributed by atoms with E-state index >= 15 is 0 Å². The van der Waals surface area contributed by atoms with Crippen molar-refractivity contribution < 1.29 is 23.8 Å². The number of carboxylic acid groups (broad SMARTS) is 1. The molecule has 2 aromatic carbocycles. The molecule has 0 saturated carbocycles. The minimum Gasteiger partial charge on any atom is -0.478 e. The first-order valence-electron chi connectivity index (χ1n) is 13.0. The Morgan fingerprint density at radius 1 is 1.23 bits per heavy atom. The number of carbonyl (C=O) groups is 1. The van der Waals surface area contributed by atoms with Crippen molar-refractivity contribution in [3.8, 4) is 5.88 Å². The lowest BCUT2D eigenvalue weighted by Gasteiger charge is -2.30. The molecule has 1 atom stereocenters. The summed E-state index contributed by atoms with van der Waals surface area (Å²) in [5.41, 5.74) is 5.00. The second-order valence-electron chi connectivity index (χ2n) is 10.2. The summed E-state index contributed by atoms with van der Waals surface area (Å²) in [5, 5.41) is 9.91. The van der Waals surface area contributed by atoms with Gasteiger partial charge in [0.25, 0.3) is 0 Å². The maximum Gasteiger partial charge on any atom is 0.335 e. The fourth-order valence-electron chi connectivity index (χ4n) is 5.08. The molecule has 39 heavy (non-hydrogen) atoms. The van der Waals surface area contributed by atoms with Crippen molar-refractivity contribution in [3.05, 3.63) is 87.1 Å². The molecule has 4 heterocycles. The highest BCUT2D eigenvalue weighted by molar-refractivity contribution is 6.31. The number of benzene rings is 2. The summed E-state index contributed by atoms with van der Waals surface area (Å²) < 4.78 is 27.9. The van der Waals surface area contributed by atoms with Crippen molar-refractivity contribution in [1.29, 1.82) is 0 Å². The van der Waals surface area contributed by atoms with Gasteiger partial charge in [0.2, 0.25) is 5.88 Å². The smallest absolute Gasteiger partial charge is 0.335 e. The molecular formula is C29H28ClFN4O4. The van der Waals surface area contributed by atoms with E-state index in [0.717, 1.165) is 59.7 Å². The minimum absolute atomic E-state index is 0.0347. The first-order chi connectivity index (χ1) is 18.8. The van der Waals surface area contributed by atoms with Crippen molar-refractivity contribution in [2.75, 3.05) is 13.2 Å². The average molecular weight is 551 g/mol. The maximum absolute atomic E-state index is 14.3. The van der Waals surface area contributed by atoms with Crippen LogP contribution in [0.3, 0.4) is 0 Å². The molecule has 6 rings (SSSR count). The van der Waals surface area contributed by atoms with Gasteiger partial charge in [-0.1, -0.05) is 23.7 Å². The summed E-state index contributed by atoms with van der Waals surface area (Å²) in [6.07, 6.45) is 1.83. The van der Waals surface area contributed by atoms with Gasteiger partial charge in [-0.05, 0) is 61.2 Å². The molecule has 0 amide bonds. The fourth-order valence-corrected chi connectivity index (χ4v) is 5.31. The number of carboxylic acids is 1. The van der Waals surface area contributed by atoms with E-state index in [0.29, 0.717) is 30.2 Å². The van der Waals surface area contributed by atoms with Crippen LogP contribution in [0.4, 0.5) is 4.39 Å². The molecule has 1 saturated heterocycles. The van der Waals surface area contributed by atoms with Crippen LogP contribution in [0.15, 0.2) is 42.5 Å². The second kappa shape index (κ2) is 10.6. The highest BCUT2D eigenvalue weighted by Gasteiger charge is 2.26. The molecule has 0 spiro atoms. The molecule has 2 aliphatic heterocycles. The van der Waals surface area contributed by atoms with Crippen LogP contribution in [-0.4, -0.2) is 49.8 Å². The van der Waals surface area contributed by atoms with E-state index < -0.39 is 5.97 Å². The number of imidazole rings is 1. The monoisotopic (exact) mass is 550 g/mol. The fraction of sp³-hybridized carbons (Fsp3) is 0.345. The van der Waals surface area contributed by atoms with Gasteiger partial charge in [-0.3, -0.25) is 4.90 Å². The third-order valence-corrected chi connectivity index (χ3v) is 7.65. The molecule has 4 aromatic rings. The molecular weight excluding hydrogens is 523 g/mol. The van der Waals surface area contributed by atoms with Crippen molar-refractivity contribution in [1.82, 2.24) is 19.4 Å². The highest BCUT2D eigenvalue weighted by Crippen LogP contribution is 2.30. The number of aromatic nitrogens is 3. The number of halogens is 2. The molecule has 0 aliphatic carbocycles. The van der Waals surface area contributed by atoms with Crippen molar-refractivity contribution >= 4 is 28.6 Å². The highest BCUT2D eigenvalue weighted by atomic mass is 35.5. The van der Waals surface area contributed by atoms with Gasteiger partial charge in [0.1, 0.15) is 23.3 Å². The Bertz CT molecular complexity index is 1570. The maximum atomic E-state index is 14.3. The SMILES string of the molecule is Cc1ccc(COc2nc3c(cc2Cl)CCN(Cc2nc4ccc(C(=O)O)cc4n2C[C@@H]2CCO2)C3)c(F)c1. The van der Waals surface area contributed by atoms with E-state index in [-0.39, 0.29) is 30.0 Å². The zero-order chi connectivity index (χ0) is 27.1. The van der Waals surface area contributed by atoms with Gasteiger partial charge in [-0.2, -0.15) is 0 Å². The van der Waals surface area contributed by atoms with Crippen molar-refractivity contribution in [3.63, 3.8) is 0 Å². The number of pyridine rings is 1. The topological polar surface area (TPSA) is 89.7 Å². The molecule has 1 fully saturated rings. The van der Waals surface area contributed by atoms with Crippen LogP contribution in [0, 0.1) is 12.7 Å². The van der Waals surface area contributed by atoms with E-state index in [2.05, 4.69) is 9.47 Å². The minimum atomic E-state index is -0.966. The molecule has 8 nitrogen and oxygen atoms in total. The Hall–Kier alpha value is -3.53. The molecule has 0 radical (unpaired) electrons. The number of aryl methyl sites for hydroxylation is 1. The van der Waals surface area contributed by atoms with Gasteiger partial charge < -0.3 is 19.1 Å². The predicted molar refractivity (Wildman–Crippen MR) is 144 cm³/mol. The molecule has 1 N–H and O–H groups in total. The van der Waals surface area contributed by atoms with Crippen LogP contribution in [-0.2, 0) is 37.4 Å². The number of hydrogen-bond donors (Lipinski definition) is 1. The van der Waals surface area contributed by atoms with E-state index in [4.69, 9.17) is 31.0 Å². The van der Waals surface area contributed by atoms with E-state index in [9.17, 15) is 14.3 Å². The zero-order valence-corrected chi connectivity index (χ0v) is 22.2. The summed E-state index contributed by atoms with van der Waals surface area (Å²) in [6, 6.07) is 11.9. The first-order valence-corrected chi connectivity index (χ1v) is 13.3. The number of rotatable bonds is 8. The molecule has 10 heteroatoms. The van der Waals surface area contributed by atoms with Gasteiger partial charge in [-0.15, -0.1) is 0 Å². The summed E-state index contributed by atoms with van der Waals surface area (Å²) in [7, 11) is 0. The lowest BCUT2D eigenvalue weighted by Crippen LogP contribution is -2.34. The lowest BCUT2D eigenvalue weighted by atomic mass is 10.1. The van der Waals surface area contributed by atoms with Crippen LogP contribution in [0.25, 0.3) is 11.0 Å². The van der Waals surface area contributed by atoms with Crippen LogP contribution in [0.5, 0.6) is 5.88 Å². The van der Waals surface area contributed by atoms with Crippen LogP contribution >= 0.6 is 11.6 Å². The Morgan fingerprint density at radius 2 is 2.08 bits per heavy atom. The third-order valence-electron chi connectivity index (χ3n) is 7.37. The normalized spacial score (nSPS) is 17.2. The average Bonchev–Trinajstić information content (AvgIpc) is 3.21. The van der Waals surface area contributed by atoms with Crippen LogP contribution in [0.2, 0.25) is 5.02 Å². The number of ether oxygens (including phenoxy) is 2. The van der Waals surface area contributed by atoms with Gasteiger partial charge in [0.05, 0.1) is 41.5 Å². The van der Waals surface area contributed by atoms with Gasteiger partial charge in [-0.25, -0.2) is 19.2 Å². The predicted octanol–water partition coefficient (Wildman–Crippen LogP) is 5.16. The van der Waals surface area contributed by atoms with Crippen LogP contribution < -0.4 is 4.74 Å². The number of fused-ring (bicyclic) bond motifs is 2. The summed E-state index contributed by atoms with van der Waals surface area (Å²) in [6.45, 7) is 5.18. The number of aromatic carboxylic acids is 1. The number of hydrogen-bond acceptors (Lipinski definition) is 6. The molecule has 0 unspecified atom stereocenters. The van der Waals surface area contributed by atoms with E-state index in [1.54, 1.807) is 24.3 Å². The summed E-state index contributed by atoms with van der Waals surface area (Å²) in [5.74, 6) is -0.146. The molecule has 0 bridgehead atoms. The Balaban J connectivity index is 1.22. The van der Waals surface area contributed by atoms with E-state index in [1.807, 2.05) is 19.1 Å². The summed E-state index contributed by atoms with van der Waals surface area (Å²) >= 11 is 6.47. The lowest BCUT2D eigenvalue weighted by molar-refractivity contribution is -0.0592. The van der Waals surface area contributed by atoms with Crippen molar-refractivity contribution in [2.45, 2.75) is 52.1 Å². The molecule has 2 aliphatic rings. The van der Waals surface area contributed by atoms with E-state index in [1.165, 1.54) is 6.07 Å². The quantitative estimate of drug-likeness (QED) is 0.324. The van der Waals surface area contributed by atoms with Gasteiger partial charge in [0, 0.05) is 25.3 Å². The largest absolute Gasteiger partial charge is 0.478 e. The Labute approximate surface area is 229 Å². The van der Waals surface area contributed by atoms with Gasteiger partial charge in [0.15, 0.2) is 0 Å². The second-order valence-corrected chi connectivity index (χ2v) is 10.6. The standard InChI is InChI=1S/C29H28ClFN4O4/c1-17-2-3-20(23(31)10-17)16-39-28-22(30)11-18-6-8-34(14-25(18)33-28)15-27-32-24-5-4-19(29(36)37)12-26(24)35(27)13-21-7-9-38-21/h2-5,10-12,21H,6-9,13-16H2,1H3,(H,36,37)/t21-/m0/s1.